The van der Waals surface area contributed by atoms with Gasteiger partial charge in [0, 0.05) is 30.6 Å². The number of benzene rings is 2. The molecule has 1 fully saturated rings. The number of carbonyl (C=O) groups excluding carboxylic acids is 1. The highest BCUT2D eigenvalue weighted by Gasteiger charge is 2.35. The second-order valence-corrected chi connectivity index (χ2v) is 6.98. The minimum Gasteiger partial charge on any atom is -0.381 e. The Morgan fingerprint density at radius 1 is 1.15 bits per heavy atom. The molecular weight excluding hydrogens is 347 g/mol. The Balaban J connectivity index is 1.48. The van der Waals surface area contributed by atoms with Gasteiger partial charge in [0.1, 0.15) is 11.5 Å². The van der Waals surface area contributed by atoms with E-state index >= 15 is 0 Å². The van der Waals surface area contributed by atoms with Gasteiger partial charge in [-0.2, -0.15) is 0 Å². The third-order valence-electron chi connectivity index (χ3n) is 5.29. The second kappa shape index (κ2) is 7.48. The van der Waals surface area contributed by atoms with Crippen LogP contribution < -0.4 is 5.32 Å². The Morgan fingerprint density at radius 2 is 1.96 bits per heavy atom. The van der Waals surface area contributed by atoms with E-state index < -0.39 is 0 Å². The Bertz CT molecular complexity index is 947. The Morgan fingerprint density at radius 3 is 2.78 bits per heavy atom. The molecule has 0 atom stereocenters. The van der Waals surface area contributed by atoms with Crippen LogP contribution in [0, 0.1) is 5.82 Å². The first kappa shape index (κ1) is 17.7. The zero-order chi connectivity index (χ0) is 18.7. The Kier molecular flexibility index (Phi) is 4.90. The van der Waals surface area contributed by atoms with Crippen molar-refractivity contribution in [3.8, 4) is 0 Å². The lowest BCUT2D eigenvalue weighted by Gasteiger charge is -2.38. The molecule has 1 aromatic heterocycles. The molecule has 140 valence electrons. The minimum atomic E-state index is -0.318. The lowest BCUT2D eigenvalue weighted by Crippen LogP contribution is -2.45. The third kappa shape index (κ3) is 3.71. The summed E-state index contributed by atoms with van der Waals surface area (Å²) in [6.07, 6.45) is 1.62. The van der Waals surface area contributed by atoms with E-state index in [1.54, 1.807) is 12.1 Å². The van der Waals surface area contributed by atoms with Gasteiger partial charge in [-0.15, -0.1) is 0 Å². The van der Waals surface area contributed by atoms with Gasteiger partial charge in [0.2, 0.25) is 5.91 Å². The summed E-state index contributed by atoms with van der Waals surface area (Å²) < 4.78 is 24.5. The summed E-state index contributed by atoms with van der Waals surface area (Å²) in [5.41, 5.74) is 1.87. The van der Waals surface area contributed by atoms with Crippen molar-refractivity contribution >= 4 is 16.9 Å². The number of halogens is 1. The fraction of sp³-hybridized carbons (Fsp3) is 0.333. The number of amides is 1. The molecule has 27 heavy (non-hydrogen) atoms. The molecule has 2 heterocycles. The number of rotatable bonds is 5. The molecule has 5 nitrogen and oxygen atoms in total. The number of hydrogen-bond acceptors (Lipinski definition) is 4. The summed E-state index contributed by atoms with van der Waals surface area (Å²) in [4.78, 5) is 12.5. The number of hydrogen-bond donors (Lipinski definition) is 1. The molecule has 6 heteroatoms. The molecule has 3 aromatic rings. The number of fused-ring (bicyclic) bond motifs is 1. The molecule has 0 unspecified atom stereocenters. The average Bonchev–Trinajstić information content (AvgIpc) is 3.10. The highest BCUT2D eigenvalue weighted by molar-refractivity contribution is 5.86. The first-order valence-electron chi connectivity index (χ1n) is 9.10. The molecule has 1 N–H and O–H groups in total. The van der Waals surface area contributed by atoms with Crippen molar-refractivity contribution in [3.05, 3.63) is 65.6 Å². The predicted molar refractivity (Wildman–Crippen MR) is 98.9 cm³/mol. The third-order valence-corrected chi connectivity index (χ3v) is 5.29. The van der Waals surface area contributed by atoms with Crippen LogP contribution in [0.5, 0.6) is 0 Å². The molecule has 1 saturated heterocycles. The fourth-order valence-corrected chi connectivity index (χ4v) is 3.70. The largest absolute Gasteiger partial charge is 0.381 e. The maximum Gasteiger partial charge on any atom is 0.226 e. The van der Waals surface area contributed by atoms with E-state index in [1.165, 1.54) is 6.07 Å². The van der Waals surface area contributed by atoms with Crippen molar-refractivity contribution in [2.24, 2.45) is 0 Å². The summed E-state index contributed by atoms with van der Waals surface area (Å²) >= 11 is 0. The van der Waals surface area contributed by atoms with E-state index in [4.69, 9.17) is 9.26 Å². The van der Waals surface area contributed by atoms with Crippen molar-refractivity contribution < 1.29 is 18.4 Å². The molecule has 0 spiro atoms. The number of carbonyl (C=O) groups is 1. The molecule has 0 aliphatic carbocycles. The van der Waals surface area contributed by atoms with Gasteiger partial charge in [-0.3, -0.25) is 4.79 Å². The van der Waals surface area contributed by atoms with Crippen molar-refractivity contribution in [2.45, 2.75) is 24.7 Å². The van der Waals surface area contributed by atoms with Gasteiger partial charge >= 0.3 is 0 Å². The van der Waals surface area contributed by atoms with Gasteiger partial charge in [-0.05, 0) is 42.7 Å². The van der Waals surface area contributed by atoms with Gasteiger partial charge in [-0.1, -0.05) is 29.4 Å². The number of ether oxygens (including phenoxy) is 1. The van der Waals surface area contributed by atoms with Crippen molar-refractivity contribution in [1.82, 2.24) is 10.5 Å². The lowest BCUT2D eigenvalue weighted by atomic mass is 9.74. The highest BCUT2D eigenvalue weighted by Crippen LogP contribution is 2.34. The molecule has 0 saturated carbocycles. The van der Waals surface area contributed by atoms with Gasteiger partial charge in [0.05, 0.1) is 6.42 Å². The maximum absolute atomic E-state index is 13.8. The smallest absolute Gasteiger partial charge is 0.226 e. The normalized spacial score (nSPS) is 16.3. The monoisotopic (exact) mass is 368 g/mol. The topological polar surface area (TPSA) is 64.4 Å². The SMILES string of the molecule is O=C(Cc1noc2ccccc12)NCC1(c2cccc(F)c2)CCOCC1. The first-order chi connectivity index (χ1) is 13.2. The van der Waals surface area contributed by atoms with Crippen LogP contribution in [0.4, 0.5) is 4.39 Å². The number of nitrogens with one attached hydrogen (secondary N) is 1. The van der Waals surface area contributed by atoms with Crippen molar-refractivity contribution in [1.29, 1.82) is 0 Å². The first-order valence-corrected chi connectivity index (χ1v) is 9.10. The zero-order valence-corrected chi connectivity index (χ0v) is 14.9. The zero-order valence-electron chi connectivity index (χ0n) is 14.9. The van der Waals surface area contributed by atoms with E-state index in [9.17, 15) is 9.18 Å². The summed E-state index contributed by atoms with van der Waals surface area (Å²) in [7, 11) is 0. The molecular formula is C21H21FN2O3. The number of nitrogens with zero attached hydrogens (tertiary/aromatic N) is 1. The van der Waals surface area contributed by atoms with E-state index in [0.717, 1.165) is 23.8 Å². The molecule has 1 aliphatic heterocycles. The Hall–Kier alpha value is -2.73. The van der Waals surface area contributed by atoms with Crippen LogP contribution in [0.3, 0.4) is 0 Å². The minimum absolute atomic E-state index is 0.128. The fourth-order valence-electron chi connectivity index (χ4n) is 3.70. The summed E-state index contributed by atoms with van der Waals surface area (Å²) in [6.45, 7) is 1.63. The van der Waals surface area contributed by atoms with Gasteiger partial charge in [0.25, 0.3) is 0 Å². The number of aromatic nitrogens is 1. The van der Waals surface area contributed by atoms with E-state index in [2.05, 4.69) is 10.5 Å². The van der Waals surface area contributed by atoms with Crippen LogP contribution in [0.15, 0.2) is 53.1 Å². The van der Waals surface area contributed by atoms with E-state index in [-0.39, 0.29) is 23.6 Å². The summed E-state index contributed by atoms with van der Waals surface area (Å²) in [6, 6.07) is 14.1. The molecule has 1 aliphatic rings. The van der Waals surface area contributed by atoms with Crippen LogP contribution in [-0.2, 0) is 21.4 Å². The van der Waals surface area contributed by atoms with Crippen molar-refractivity contribution in [3.63, 3.8) is 0 Å². The van der Waals surface area contributed by atoms with Crippen LogP contribution in [0.1, 0.15) is 24.1 Å². The molecule has 0 radical (unpaired) electrons. The summed E-state index contributed by atoms with van der Waals surface area (Å²) in [5, 5.41) is 7.87. The van der Waals surface area contributed by atoms with Crippen LogP contribution in [0.2, 0.25) is 0 Å². The molecule has 2 aromatic carbocycles. The van der Waals surface area contributed by atoms with Crippen LogP contribution in [-0.4, -0.2) is 30.8 Å². The summed E-state index contributed by atoms with van der Waals surface area (Å²) in [5.74, 6) is -0.393. The predicted octanol–water partition coefficient (Wildman–Crippen LogP) is 3.37. The molecule has 0 bridgehead atoms. The molecule has 4 rings (SSSR count). The van der Waals surface area contributed by atoms with Gasteiger partial charge in [0.15, 0.2) is 5.58 Å². The standard InChI is InChI=1S/C21H21FN2O3/c22-16-5-3-4-15(12-16)21(8-10-26-11-9-21)14-23-20(25)13-18-17-6-1-2-7-19(17)27-24-18/h1-7,12H,8-11,13-14H2,(H,23,25). The van der Waals surface area contributed by atoms with E-state index in [0.29, 0.717) is 31.0 Å². The van der Waals surface area contributed by atoms with Crippen LogP contribution >= 0.6 is 0 Å². The van der Waals surface area contributed by atoms with Crippen molar-refractivity contribution in [2.75, 3.05) is 19.8 Å². The highest BCUT2D eigenvalue weighted by atomic mass is 19.1. The molecule has 1 amide bonds. The van der Waals surface area contributed by atoms with Gasteiger partial charge in [-0.25, -0.2) is 4.39 Å². The second-order valence-electron chi connectivity index (χ2n) is 6.98. The lowest BCUT2D eigenvalue weighted by molar-refractivity contribution is -0.121. The Labute approximate surface area is 156 Å². The maximum atomic E-state index is 13.8. The van der Waals surface area contributed by atoms with Gasteiger partial charge < -0.3 is 14.6 Å². The number of para-hydroxylation sites is 1. The van der Waals surface area contributed by atoms with Crippen LogP contribution in [0.25, 0.3) is 11.0 Å². The van der Waals surface area contributed by atoms with E-state index in [1.807, 2.05) is 30.3 Å². The quantitative estimate of drug-likeness (QED) is 0.750. The average molecular weight is 368 g/mol.